The molecule has 1 saturated heterocycles. The zero-order valence-corrected chi connectivity index (χ0v) is 12.5. The summed E-state index contributed by atoms with van der Waals surface area (Å²) in [5.74, 6) is -1.32. The zero-order chi connectivity index (χ0) is 16.2. The van der Waals surface area contributed by atoms with Gasteiger partial charge in [-0.1, -0.05) is 0 Å². The van der Waals surface area contributed by atoms with Gasteiger partial charge in [0.05, 0.1) is 24.2 Å². The van der Waals surface area contributed by atoms with Crippen LogP contribution >= 0.6 is 0 Å². The second-order valence-electron chi connectivity index (χ2n) is 6.28. The van der Waals surface area contributed by atoms with Crippen LogP contribution in [0.5, 0.6) is 0 Å². The third kappa shape index (κ3) is 5.01. The largest absolute Gasteiger partial charge is 0.391 e. The average Bonchev–Trinajstić information content (AvgIpc) is 2.95. The van der Waals surface area contributed by atoms with Gasteiger partial charge in [0.1, 0.15) is 0 Å². The van der Waals surface area contributed by atoms with Gasteiger partial charge in [-0.15, -0.1) is 0 Å². The molecular weight excluding hydrogens is 299 g/mol. The fraction of sp³-hybridized carbons (Fsp3) is 0.929. The monoisotopic (exact) mass is 323 g/mol. The number of nitrogens with two attached hydrogens (primary N) is 1. The minimum absolute atomic E-state index is 0.0717. The molecule has 2 fully saturated rings. The number of hydrogen-bond donors (Lipinski definition) is 3. The summed E-state index contributed by atoms with van der Waals surface area (Å²) in [6.07, 6.45) is -1.76. The summed E-state index contributed by atoms with van der Waals surface area (Å²) < 4.78 is 43.8. The lowest BCUT2D eigenvalue weighted by molar-refractivity contribution is -0.199. The molecule has 0 spiro atoms. The van der Waals surface area contributed by atoms with Gasteiger partial charge in [0.25, 0.3) is 0 Å². The van der Waals surface area contributed by atoms with Crippen molar-refractivity contribution in [2.24, 2.45) is 16.6 Å². The molecule has 1 saturated carbocycles. The van der Waals surface area contributed by atoms with Crippen molar-refractivity contribution in [3.8, 4) is 0 Å². The van der Waals surface area contributed by atoms with E-state index in [1.54, 1.807) is 0 Å². The highest BCUT2D eigenvalue weighted by molar-refractivity contribution is 5.77. The van der Waals surface area contributed by atoms with E-state index < -0.39 is 17.7 Å². The number of rotatable bonds is 4. The lowest BCUT2D eigenvalue weighted by atomic mass is 9.78. The molecule has 0 aromatic heterocycles. The molecule has 3 unspecified atom stereocenters. The van der Waals surface area contributed by atoms with Crippen LogP contribution in [0.1, 0.15) is 38.5 Å². The Morgan fingerprint density at radius 2 is 2.14 bits per heavy atom. The molecule has 22 heavy (non-hydrogen) atoms. The maximum absolute atomic E-state index is 12.8. The second kappa shape index (κ2) is 7.04. The molecule has 3 atom stereocenters. The Kier molecular flexibility index (Phi) is 5.55. The third-order valence-electron chi connectivity index (χ3n) is 4.36. The molecule has 5 nitrogen and oxygen atoms in total. The van der Waals surface area contributed by atoms with Gasteiger partial charge in [0.15, 0.2) is 5.96 Å². The number of hydrogen-bond acceptors (Lipinski definition) is 3. The van der Waals surface area contributed by atoms with Crippen molar-refractivity contribution in [1.29, 1.82) is 0 Å². The topological polar surface area (TPSA) is 79.9 Å². The van der Waals surface area contributed by atoms with Crippen molar-refractivity contribution in [2.75, 3.05) is 19.7 Å². The highest BCUT2D eigenvalue weighted by Gasteiger charge is 2.46. The summed E-state index contributed by atoms with van der Waals surface area (Å²) in [5.41, 5.74) is 4.28. The molecule has 1 aliphatic heterocycles. The molecule has 2 rings (SSSR count). The van der Waals surface area contributed by atoms with Gasteiger partial charge in [-0.2, -0.15) is 13.2 Å². The lowest BCUT2D eigenvalue weighted by Gasteiger charge is -2.36. The predicted octanol–water partition coefficient (Wildman–Crippen LogP) is 1.55. The molecule has 0 aromatic rings. The molecule has 0 bridgehead atoms. The van der Waals surface area contributed by atoms with Crippen LogP contribution in [-0.2, 0) is 4.74 Å². The number of halogens is 3. The summed E-state index contributed by atoms with van der Waals surface area (Å²) in [6, 6.07) is 0. The molecule has 8 heteroatoms. The molecule has 2 aliphatic rings. The number of guanidine groups is 1. The number of nitrogens with one attached hydrogen (secondary N) is 1. The van der Waals surface area contributed by atoms with Gasteiger partial charge in [0, 0.05) is 13.2 Å². The van der Waals surface area contributed by atoms with E-state index in [1.165, 1.54) is 0 Å². The lowest BCUT2D eigenvalue weighted by Crippen LogP contribution is -2.44. The van der Waals surface area contributed by atoms with E-state index in [4.69, 9.17) is 10.5 Å². The van der Waals surface area contributed by atoms with Crippen LogP contribution in [0.15, 0.2) is 4.99 Å². The van der Waals surface area contributed by atoms with Crippen LogP contribution in [0.3, 0.4) is 0 Å². The maximum atomic E-state index is 12.8. The van der Waals surface area contributed by atoms with Crippen LogP contribution in [-0.4, -0.2) is 48.6 Å². The molecule has 1 aliphatic carbocycles. The Morgan fingerprint density at radius 1 is 1.36 bits per heavy atom. The molecule has 128 valence electrons. The van der Waals surface area contributed by atoms with E-state index >= 15 is 0 Å². The van der Waals surface area contributed by atoms with Crippen molar-refractivity contribution < 1.29 is 23.0 Å². The first kappa shape index (κ1) is 17.3. The van der Waals surface area contributed by atoms with E-state index in [1.807, 2.05) is 0 Å². The molecular formula is C14H24F3N3O2. The third-order valence-corrected chi connectivity index (χ3v) is 4.36. The summed E-state index contributed by atoms with van der Waals surface area (Å²) in [7, 11) is 0. The second-order valence-corrected chi connectivity index (χ2v) is 6.28. The fourth-order valence-corrected chi connectivity index (χ4v) is 3.08. The number of aliphatic imine (C=N–C) groups is 1. The van der Waals surface area contributed by atoms with E-state index in [0.29, 0.717) is 19.4 Å². The van der Waals surface area contributed by atoms with Crippen LogP contribution in [0, 0.1) is 5.92 Å². The minimum Gasteiger partial charge on any atom is -0.388 e. The summed E-state index contributed by atoms with van der Waals surface area (Å²) in [6.45, 7) is 1.16. The van der Waals surface area contributed by atoms with Crippen LogP contribution in [0.4, 0.5) is 13.2 Å². The normalized spacial score (nSPS) is 33.9. The first-order valence-corrected chi connectivity index (χ1v) is 7.73. The van der Waals surface area contributed by atoms with Gasteiger partial charge in [-0.05, 0) is 38.5 Å². The van der Waals surface area contributed by atoms with Crippen molar-refractivity contribution in [1.82, 2.24) is 5.32 Å². The van der Waals surface area contributed by atoms with Crippen LogP contribution < -0.4 is 11.1 Å². The number of alkyl halides is 3. The van der Waals surface area contributed by atoms with E-state index in [-0.39, 0.29) is 31.4 Å². The summed E-state index contributed by atoms with van der Waals surface area (Å²) >= 11 is 0. The molecule has 1 heterocycles. The van der Waals surface area contributed by atoms with E-state index in [0.717, 1.165) is 19.4 Å². The fourth-order valence-electron chi connectivity index (χ4n) is 3.08. The highest BCUT2D eigenvalue weighted by Crippen LogP contribution is 2.41. The van der Waals surface area contributed by atoms with E-state index in [9.17, 15) is 18.3 Å². The first-order chi connectivity index (χ1) is 10.3. The van der Waals surface area contributed by atoms with Crippen molar-refractivity contribution in [2.45, 2.75) is 56.4 Å². The zero-order valence-electron chi connectivity index (χ0n) is 12.5. The minimum atomic E-state index is -4.26. The smallest absolute Gasteiger partial charge is 0.388 e. The quantitative estimate of drug-likeness (QED) is 0.542. The van der Waals surface area contributed by atoms with Gasteiger partial charge < -0.3 is 20.9 Å². The Morgan fingerprint density at radius 3 is 2.77 bits per heavy atom. The average molecular weight is 323 g/mol. The molecule has 4 N–H and O–H groups in total. The maximum Gasteiger partial charge on any atom is 0.391 e. The van der Waals surface area contributed by atoms with Gasteiger partial charge in [-0.25, -0.2) is 0 Å². The number of nitrogens with zero attached hydrogens (tertiary/aromatic N) is 1. The summed E-state index contributed by atoms with van der Waals surface area (Å²) in [4.78, 5) is 4.01. The van der Waals surface area contributed by atoms with Crippen LogP contribution in [0.2, 0.25) is 0 Å². The first-order valence-electron chi connectivity index (χ1n) is 7.73. The number of aliphatic hydroxyl groups is 1. The Balaban J connectivity index is 1.81. The molecule has 0 radical (unpaired) electrons. The number of ether oxygens (including phenoxy) is 1. The van der Waals surface area contributed by atoms with Gasteiger partial charge in [0.2, 0.25) is 0 Å². The van der Waals surface area contributed by atoms with Crippen molar-refractivity contribution >= 4 is 5.96 Å². The van der Waals surface area contributed by atoms with Crippen LogP contribution in [0.25, 0.3) is 0 Å². The summed E-state index contributed by atoms with van der Waals surface area (Å²) in [5, 5.41) is 13.2. The standard InChI is InChI=1S/C14H24F3N3O2/c15-14(16,17)10-3-1-5-13(21,7-10)9-20-12(18)19-8-11-4-2-6-22-11/h10-11,21H,1-9H2,(H3,18,19,20). The predicted molar refractivity (Wildman–Crippen MR) is 76.4 cm³/mol. The van der Waals surface area contributed by atoms with E-state index in [2.05, 4.69) is 10.3 Å². The molecule has 0 amide bonds. The Labute approximate surface area is 128 Å². The SMILES string of the molecule is NC(=NCC1(O)CCCC(C(F)(F)F)C1)NCC1CCCO1. The van der Waals surface area contributed by atoms with Crippen molar-refractivity contribution in [3.63, 3.8) is 0 Å². The Hall–Kier alpha value is -1.02. The van der Waals surface area contributed by atoms with Gasteiger partial charge in [-0.3, -0.25) is 4.99 Å². The Bertz CT molecular complexity index is 397. The highest BCUT2D eigenvalue weighted by atomic mass is 19.4. The van der Waals surface area contributed by atoms with Crippen molar-refractivity contribution in [3.05, 3.63) is 0 Å². The van der Waals surface area contributed by atoms with Gasteiger partial charge >= 0.3 is 6.18 Å². The molecule has 0 aromatic carbocycles.